The number of hydrogen-bond donors (Lipinski definition) is 1. The van der Waals surface area contributed by atoms with E-state index in [9.17, 15) is 0 Å². The molecule has 1 N–H and O–H groups in total. The molecule has 0 aliphatic carbocycles. The third kappa shape index (κ3) is 3.27. The van der Waals surface area contributed by atoms with Gasteiger partial charge in [-0.1, -0.05) is 18.3 Å². The largest absolute Gasteiger partial charge is 0.497 e. The average Bonchev–Trinajstić information content (AvgIpc) is 2.88. The topological polar surface area (TPSA) is 47.0 Å². The monoisotopic (exact) mass is 263 g/mol. The van der Waals surface area contributed by atoms with Gasteiger partial charge < -0.3 is 10.1 Å². The molecule has 1 aromatic carbocycles. The summed E-state index contributed by atoms with van der Waals surface area (Å²) in [7, 11) is 1.66. The van der Waals surface area contributed by atoms with Crippen LogP contribution in [0, 0.1) is 0 Å². The van der Waals surface area contributed by atoms with Gasteiger partial charge in [-0.2, -0.15) is 0 Å². The predicted octanol–water partition coefficient (Wildman–Crippen LogP) is 2.71. The van der Waals surface area contributed by atoms with Crippen LogP contribution >= 0.6 is 11.3 Å². The number of nitrogens with zero attached hydrogens (tertiary/aromatic N) is 2. The Morgan fingerprint density at radius 3 is 2.67 bits per heavy atom. The normalized spacial score (nSPS) is 10.6. The summed E-state index contributed by atoms with van der Waals surface area (Å²) in [5.41, 5.74) is 1.08. The van der Waals surface area contributed by atoms with E-state index in [4.69, 9.17) is 4.74 Å². The quantitative estimate of drug-likeness (QED) is 0.814. The summed E-state index contributed by atoms with van der Waals surface area (Å²) >= 11 is 1.62. The first-order valence-electron chi connectivity index (χ1n) is 6.01. The summed E-state index contributed by atoms with van der Waals surface area (Å²) < 4.78 is 5.13. The highest BCUT2D eigenvalue weighted by Gasteiger charge is 2.06. The summed E-state index contributed by atoms with van der Waals surface area (Å²) in [6, 6.07) is 7.88. The molecule has 5 heteroatoms. The highest BCUT2D eigenvalue weighted by Crippen LogP contribution is 2.25. The molecule has 0 aliphatic rings. The second kappa shape index (κ2) is 6.47. The number of ether oxygens (including phenoxy) is 1. The van der Waals surface area contributed by atoms with Crippen LogP contribution in [0.5, 0.6) is 5.75 Å². The van der Waals surface area contributed by atoms with Crippen molar-refractivity contribution in [1.29, 1.82) is 0 Å². The Labute approximate surface area is 111 Å². The smallest absolute Gasteiger partial charge is 0.147 e. The van der Waals surface area contributed by atoms with E-state index in [1.54, 1.807) is 18.4 Å². The first-order chi connectivity index (χ1) is 8.83. The first kappa shape index (κ1) is 13.0. The van der Waals surface area contributed by atoms with Crippen LogP contribution in [0.15, 0.2) is 24.3 Å². The molecule has 18 heavy (non-hydrogen) atoms. The third-order valence-corrected chi connectivity index (χ3v) is 3.48. The number of hydrogen-bond acceptors (Lipinski definition) is 5. The van der Waals surface area contributed by atoms with Gasteiger partial charge in [0.15, 0.2) is 0 Å². The Hall–Kier alpha value is -1.46. The first-order valence-corrected chi connectivity index (χ1v) is 6.82. The van der Waals surface area contributed by atoms with Crippen molar-refractivity contribution in [3.8, 4) is 16.3 Å². The van der Waals surface area contributed by atoms with Gasteiger partial charge in [-0.05, 0) is 37.2 Å². The van der Waals surface area contributed by atoms with Gasteiger partial charge in [0, 0.05) is 12.1 Å². The molecule has 0 atom stereocenters. The SMILES string of the molecule is CCCNCc1nnc(-c2ccc(OC)cc2)s1. The number of methoxy groups -OCH3 is 1. The molecule has 0 aliphatic heterocycles. The van der Waals surface area contributed by atoms with E-state index in [1.807, 2.05) is 24.3 Å². The molecule has 96 valence electrons. The lowest BCUT2D eigenvalue weighted by Gasteiger charge is -1.99. The van der Waals surface area contributed by atoms with Crippen LogP contribution in [0.4, 0.5) is 0 Å². The molecule has 1 aromatic heterocycles. The van der Waals surface area contributed by atoms with Crippen LogP contribution in [0.2, 0.25) is 0 Å². The minimum atomic E-state index is 0.793. The van der Waals surface area contributed by atoms with Crippen molar-refractivity contribution in [2.45, 2.75) is 19.9 Å². The Morgan fingerprint density at radius 1 is 1.22 bits per heavy atom. The Morgan fingerprint density at radius 2 is 2.00 bits per heavy atom. The van der Waals surface area contributed by atoms with Gasteiger partial charge in [-0.25, -0.2) is 0 Å². The van der Waals surface area contributed by atoms with Crippen LogP contribution in [-0.4, -0.2) is 23.9 Å². The fraction of sp³-hybridized carbons (Fsp3) is 0.385. The minimum Gasteiger partial charge on any atom is -0.497 e. The van der Waals surface area contributed by atoms with Crippen molar-refractivity contribution in [3.63, 3.8) is 0 Å². The molecule has 2 aromatic rings. The predicted molar refractivity (Wildman–Crippen MR) is 73.9 cm³/mol. The molecule has 0 saturated heterocycles. The van der Waals surface area contributed by atoms with Gasteiger partial charge >= 0.3 is 0 Å². The second-order valence-corrected chi connectivity index (χ2v) is 4.97. The Bertz CT molecular complexity index is 481. The molecule has 0 bridgehead atoms. The lowest BCUT2D eigenvalue weighted by atomic mass is 10.2. The molecule has 0 saturated carbocycles. The molecule has 0 amide bonds. The molecule has 0 spiro atoms. The fourth-order valence-corrected chi connectivity index (χ4v) is 2.36. The molecule has 4 nitrogen and oxygen atoms in total. The molecular formula is C13H17N3OS. The van der Waals surface area contributed by atoms with Crippen molar-refractivity contribution < 1.29 is 4.74 Å². The van der Waals surface area contributed by atoms with Crippen LogP contribution in [-0.2, 0) is 6.54 Å². The summed E-state index contributed by atoms with van der Waals surface area (Å²) in [6.45, 7) is 3.95. The van der Waals surface area contributed by atoms with Crippen LogP contribution in [0.1, 0.15) is 18.4 Å². The molecule has 0 unspecified atom stereocenters. The highest BCUT2D eigenvalue weighted by molar-refractivity contribution is 7.14. The van der Waals surface area contributed by atoms with Gasteiger partial charge in [0.1, 0.15) is 15.8 Å². The van der Waals surface area contributed by atoms with E-state index in [2.05, 4.69) is 22.4 Å². The number of aromatic nitrogens is 2. The van der Waals surface area contributed by atoms with Crippen molar-refractivity contribution in [2.75, 3.05) is 13.7 Å². The van der Waals surface area contributed by atoms with Gasteiger partial charge in [0.25, 0.3) is 0 Å². The van der Waals surface area contributed by atoms with Crippen molar-refractivity contribution in [1.82, 2.24) is 15.5 Å². The summed E-state index contributed by atoms with van der Waals surface area (Å²) in [4.78, 5) is 0. The zero-order valence-electron chi connectivity index (χ0n) is 10.6. The maximum atomic E-state index is 5.13. The zero-order chi connectivity index (χ0) is 12.8. The van der Waals surface area contributed by atoms with E-state index >= 15 is 0 Å². The molecule has 0 fully saturated rings. The van der Waals surface area contributed by atoms with E-state index in [0.717, 1.165) is 40.8 Å². The van der Waals surface area contributed by atoms with Gasteiger partial charge in [0.2, 0.25) is 0 Å². The second-order valence-electron chi connectivity index (χ2n) is 3.91. The maximum Gasteiger partial charge on any atom is 0.147 e. The van der Waals surface area contributed by atoms with Crippen molar-refractivity contribution in [3.05, 3.63) is 29.3 Å². The lowest BCUT2D eigenvalue weighted by molar-refractivity contribution is 0.415. The molecule has 1 heterocycles. The Balaban J connectivity index is 2.04. The molecule has 2 rings (SSSR count). The summed E-state index contributed by atoms with van der Waals surface area (Å²) in [5.74, 6) is 0.855. The van der Waals surface area contributed by atoms with E-state index < -0.39 is 0 Å². The highest BCUT2D eigenvalue weighted by atomic mass is 32.1. The van der Waals surface area contributed by atoms with Gasteiger partial charge in [-0.15, -0.1) is 10.2 Å². The zero-order valence-corrected chi connectivity index (χ0v) is 11.5. The summed E-state index contributed by atoms with van der Waals surface area (Å²) in [5, 5.41) is 13.7. The van der Waals surface area contributed by atoms with E-state index in [-0.39, 0.29) is 0 Å². The van der Waals surface area contributed by atoms with Crippen molar-refractivity contribution in [2.24, 2.45) is 0 Å². The number of benzene rings is 1. The number of rotatable bonds is 6. The van der Waals surface area contributed by atoms with E-state index in [1.165, 1.54) is 0 Å². The Kier molecular flexibility index (Phi) is 4.66. The fourth-order valence-electron chi connectivity index (χ4n) is 1.55. The van der Waals surface area contributed by atoms with E-state index in [0.29, 0.717) is 0 Å². The number of nitrogens with one attached hydrogen (secondary N) is 1. The molecule has 0 radical (unpaired) electrons. The van der Waals surface area contributed by atoms with Crippen LogP contribution < -0.4 is 10.1 Å². The minimum absolute atomic E-state index is 0.793. The lowest BCUT2D eigenvalue weighted by Crippen LogP contribution is -2.13. The van der Waals surface area contributed by atoms with Gasteiger partial charge in [-0.3, -0.25) is 0 Å². The van der Waals surface area contributed by atoms with Gasteiger partial charge in [0.05, 0.1) is 7.11 Å². The van der Waals surface area contributed by atoms with Crippen molar-refractivity contribution >= 4 is 11.3 Å². The van der Waals surface area contributed by atoms with Crippen LogP contribution in [0.25, 0.3) is 10.6 Å². The maximum absolute atomic E-state index is 5.13. The average molecular weight is 263 g/mol. The van der Waals surface area contributed by atoms with Crippen LogP contribution in [0.3, 0.4) is 0 Å². The molecular weight excluding hydrogens is 246 g/mol. The summed E-state index contributed by atoms with van der Waals surface area (Å²) in [6.07, 6.45) is 1.13. The third-order valence-electron chi connectivity index (χ3n) is 2.51. The standard InChI is InChI=1S/C13H17N3OS/c1-3-8-14-9-12-15-16-13(18-12)10-4-6-11(17-2)7-5-10/h4-7,14H,3,8-9H2,1-2H3.